The Morgan fingerprint density at radius 3 is 2.90 bits per heavy atom. The summed E-state index contributed by atoms with van der Waals surface area (Å²) in [5.41, 5.74) is 0.743. The topological polar surface area (TPSA) is 114 Å². The van der Waals surface area contributed by atoms with Crippen LogP contribution in [0.5, 0.6) is 0 Å². The highest BCUT2D eigenvalue weighted by Crippen LogP contribution is 2.26. The Hall–Kier alpha value is -2.58. The number of pyridine rings is 1. The molecule has 0 aliphatic rings. The van der Waals surface area contributed by atoms with Crippen LogP contribution in [0.4, 0.5) is 11.5 Å². The van der Waals surface area contributed by atoms with Gasteiger partial charge in [0.2, 0.25) is 5.82 Å². The molecule has 0 aliphatic carbocycles. The van der Waals surface area contributed by atoms with E-state index in [-0.39, 0.29) is 11.6 Å². The number of aromatic nitrogens is 5. The molecule has 2 rings (SSSR count). The van der Waals surface area contributed by atoms with Crippen LogP contribution in [0.3, 0.4) is 0 Å². The first-order valence-corrected chi connectivity index (χ1v) is 6.04. The second-order valence-corrected chi connectivity index (χ2v) is 4.66. The zero-order valence-electron chi connectivity index (χ0n) is 11.4. The van der Waals surface area contributed by atoms with E-state index in [9.17, 15) is 10.1 Å². The standard InChI is InChI=1S/C11H15N7O2/c1-7-4-9(18(19)20)11(12-5-7)17(3)6-8(2)10-13-15-16-14-10/h4-5,8H,6H2,1-3H3,(H,13,14,15,16). The number of likely N-dealkylation sites (N-methyl/N-ethyl adjacent to an activating group) is 1. The highest BCUT2D eigenvalue weighted by atomic mass is 16.6. The molecule has 106 valence electrons. The van der Waals surface area contributed by atoms with Gasteiger partial charge in [-0.15, -0.1) is 10.2 Å². The van der Waals surface area contributed by atoms with Gasteiger partial charge in [0.15, 0.2) is 5.82 Å². The van der Waals surface area contributed by atoms with Crippen molar-refractivity contribution < 1.29 is 4.92 Å². The summed E-state index contributed by atoms with van der Waals surface area (Å²) in [6, 6.07) is 1.51. The quantitative estimate of drug-likeness (QED) is 0.641. The van der Waals surface area contributed by atoms with Gasteiger partial charge in [0.25, 0.3) is 0 Å². The minimum absolute atomic E-state index is 0.00666. The third kappa shape index (κ3) is 2.87. The van der Waals surface area contributed by atoms with Crippen molar-refractivity contribution >= 4 is 11.5 Å². The number of tetrazole rings is 1. The summed E-state index contributed by atoms with van der Waals surface area (Å²) in [5.74, 6) is 0.865. The highest BCUT2D eigenvalue weighted by molar-refractivity contribution is 5.58. The number of nitrogens with one attached hydrogen (secondary N) is 1. The van der Waals surface area contributed by atoms with Crippen molar-refractivity contribution in [2.24, 2.45) is 0 Å². The Bertz CT molecular complexity index is 599. The van der Waals surface area contributed by atoms with Crippen molar-refractivity contribution in [2.45, 2.75) is 19.8 Å². The van der Waals surface area contributed by atoms with Crippen LogP contribution in [-0.4, -0.2) is 44.1 Å². The molecule has 1 unspecified atom stereocenters. The fraction of sp³-hybridized carbons (Fsp3) is 0.455. The minimum atomic E-state index is -0.426. The van der Waals surface area contributed by atoms with Crippen LogP contribution in [0.1, 0.15) is 24.2 Å². The van der Waals surface area contributed by atoms with Gasteiger partial charge in [-0.2, -0.15) is 5.21 Å². The molecule has 0 bridgehead atoms. The van der Waals surface area contributed by atoms with Crippen molar-refractivity contribution in [1.29, 1.82) is 0 Å². The minimum Gasteiger partial charge on any atom is -0.353 e. The van der Waals surface area contributed by atoms with Crippen molar-refractivity contribution in [3.63, 3.8) is 0 Å². The van der Waals surface area contributed by atoms with E-state index in [2.05, 4.69) is 25.6 Å². The van der Waals surface area contributed by atoms with Gasteiger partial charge >= 0.3 is 5.69 Å². The first kappa shape index (κ1) is 13.8. The van der Waals surface area contributed by atoms with E-state index in [1.807, 2.05) is 6.92 Å². The van der Waals surface area contributed by atoms with Crippen molar-refractivity contribution in [3.05, 3.63) is 33.8 Å². The van der Waals surface area contributed by atoms with Gasteiger partial charge in [-0.25, -0.2) is 4.98 Å². The van der Waals surface area contributed by atoms with Crippen LogP contribution < -0.4 is 4.90 Å². The molecule has 0 amide bonds. The van der Waals surface area contributed by atoms with Crippen LogP contribution in [0.25, 0.3) is 0 Å². The first-order valence-electron chi connectivity index (χ1n) is 6.04. The summed E-state index contributed by atoms with van der Waals surface area (Å²) in [4.78, 5) is 16.5. The molecular weight excluding hydrogens is 262 g/mol. The van der Waals surface area contributed by atoms with E-state index in [1.165, 1.54) is 6.07 Å². The number of anilines is 1. The molecule has 9 heteroatoms. The molecule has 0 aliphatic heterocycles. The summed E-state index contributed by atoms with van der Waals surface area (Å²) in [6.45, 7) is 4.18. The fourth-order valence-corrected chi connectivity index (χ4v) is 1.93. The van der Waals surface area contributed by atoms with E-state index < -0.39 is 4.92 Å². The number of aryl methyl sites for hydroxylation is 1. The molecule has 0 fully saturated rings. The third-order valence-electron chi connectivity index (χ3n) is 2.89. The van der Waals surface area contributed by atoms with Gasteiger partial charge in [-0.3, -0.25) is 10.1 Å². The normalized spacial score (nSPS) is 12.2. The van der Waals surface area contributed by atoms with Crippen LogP contribution in [0, 0.1) is 17.0 Å². The van der Waals surface area contributed by atoms with Gasteiger partial charge in [0, 0.05) is 31.8 Å². The van der Waals surface area contributed by atoms with Gasteiger partial charge in [0.05, 0.1) is 4.92 Å². The molecule has 0 spiro atoms. The number of aromatic amines is 1. The SMILES string of the molecule is Cc1cnc(N(C)CC(C)c2nn[nH]n2)c([N+](=O)[O-])c1. The predicted octanol–water partition coefficient (Wildman–Crippen LogP) is 1.05. The summed E-state index contributed by atoms with van der Waals surface area (Å²) < 4.78 is 0. The number of rotatable bonds is 5. The maximum Gasteiger partial charge on any atom is 0.311 e. The smallest absolute Gasteiger partial charge is 0.311 e. The second-order valence-electron chi connectivity index (χ2n) is 4.66. The average Bonchev–Trinajstić information content (AvgIpc) is 2.92. The monoisotopic (exact) mass is 277 g/mol. The third-order valence-corrected chi connectivity index (χ3v) is 2.89. The fourth-order valence-electron chi connectivity index (χ4n) is 1.93. The van der Waals surface area contributed by atoms with E-state index in [0.29, 0.717) is 18.2 Å². The molecule has 1 atom stereocenters. The summed E-state index contributed by atoms with van der Waals surface area (Å²) >= 11 is 0. The Morgan fingerprint density at radius 2 is 2.30 bits per heavy atom. The summed E-state index contributed by atoms with van der Waals surface area (Å²) in [7, 11) is 1.75. The average molecular weight is 277 g/mol. The molecule has 0 saturated heterocycles. The lowest BCUT2D eigenvalue weighted by atomic mass is 10.1. The van der Waals surface area contributed by atoms with E-state index >= 15 is 0 Å². The number of hydrogen-bond acceptors (Lipinski definition) is 7. The van der Waals surface area contributed by atoms with Crippen LogP contribution in [0.15, 0.2) is 12.3 Å². The molecule has 20 heavy (non-hydrogen) atoms. The Kier molecular flexibility index (Phi) is 3.87. The molecule has 2 aromatic rings. The molecular formula is C11H15N7O2. The molecule has 0 aromatic carbocycles. The first-order chi connectivity index (χ1) is 9.49. The van der Waals surface area contributed by atoms with Crippen molar-refractivity contribution in [1.82, 2.24) is 25.6 Å². The Labute approximate surface area is 115 Å². The molecule has 0 radical (unpaired) electrons. The van der Waals surface area contributed by atoms with Crippen molar-refractivity contribution in [2.75, 3.05) is 18.5 Å². The maximum atomic E-state index is 11.1. The number of hydrogen-bond donors (Lipinski definition) is 1. The summed E-state index contributed by atoms with van der Waals surface area (Å²) in [6.07, 6.45) is 1.61. The van der Waals surface area contributed by atoms with Gasteiger partial charge in [-0.1, -0.05) is 12.1 Å². The number of nitro groups is 1. The lowest BCUT2D eigenvalue weighted by Crippen LogP contribution is -2.25. The Morgan fingerprint density at radius 1 is 1.55 bits per heavy atom. The molecule has 2 heterocycles. The largest absolute Gasteiger partial charge is 0.353 e. The van der Waals surface area contributed by atoms with Crippen LogP contribution >= 0.6 is 0 Å². The van der Waals surface area contributed by atoms with Crippen LogP contribution in [0.2, 0.25) is 0 Å². The highest BCUT2D eigenvalue weighted by Gasteiger charge is 2.21. The van der Waals surface area contributed by atoms with E-state index in [0.717, 1.165) is 5.56 Å². The molecule has 2 aromatic heterocycles. The number of nitrogens with zero attached hydrogens (tertiary/aromatic N) is 6. The Balaban J connectivity index is 2.21. The molecule has 0 saturated carbocycles. The van der Waals surface area contributed by atoms with Gasteiger partial charge < -0.3 is 4.90 Å². The van der Waals surface area contributed by atoms with Gasteiger partial charge in [0.1, 0.15) is 0 Å². The maximum absolute atomic E-state index is 11.1. The zero-order chi connectivity index (χ0) is 14.7. The van der Waals surface area contributed by atoms with E-state index in [1.54, 1.807) is 25.1 Å². The van der Waals surface area contributed by atoms with Crippen LogP contribution in [-0.2, 0) is 0 Å². The second kappa shape index (κ2) is 5.59. The zero-order valence-corrected chi connectivity index (χ0v) is 11.4. The predicted molar refractivity (Wildman–Crippen MR) is 71.5 cm³/mol. The molecule has 1 N–H and O–H groups in total. The number of H-pyrrole nitrogens is 1. The lowest BCUT2D eigenvalue weighted by Gasteiger charge is -2.20. The van der Waals surface area contributed by atoms with Gasteiger partial charge in [-0.05, 0) is 12.5 Å². The molecule has 9 nitrogen and oxygen atoms in total. The van der Waals surface area contributed by atoms with Crippen molar-refractivity contribution in [3.8, 4) is 0 Å². The summed E-state index contributed by atoms with van der Waals surface area (Å²) in [5, 5.41) is 24.8. The van der Waals surface area contributed by atoms with E-state index in [4.69, 9.17) is 0 Å². The lowest BCUT2D eigenvalue weighted by molar-refractivity contribution is -0.384.